The molecule has 0 aromatic heterocycles. The van der Waals surface area contributed by atoms with Crippen LogP contribution in [0.1, 0.15) is 31.2 Å². The molecule has 2 nitrogen and oxygen atoms in total. The summed E-state index contributed by atoms with van der Waals surface area (Å²) in [5.74, 6) is 1.74. The van der Waals surface area contributed by atoms with Gasteiger partial charge in [-0.3, -0.25) is 0 Å². The number of anilines is 1. The van der Waals surface area contributed by atoms with E-state index in [-0.39, 0.29) is 0 Å². The SMILES string of the molecule is NC(=S)c1c(Br)cccc1N(CC1CC1)CC1CC1. The number of nitrogens with zero attached hydrogens (tertiary/aromatic N) is 1. The molecular formula is C15H19BrN2S. The van der Waals surface area contributed by atoms with Gasteiger partial charge in [0.15, 0.2) is 0 Å². The maximum absolute atomic E-state index is 5.92. The first-order chi connectivity index (χ1) is 9.15. The van der Waals surface area contributed by atoms with Crippen LogP contribution in [0.4, 0.5) is 5.69 Å². The summed E-state index contributed by atoms with van der Waals surface area (Å²) in [4.78, 5) is 2.99. The van der Waals surface area contributed by atoms with E-state index < -0.39 is 0 Å². The molecule has 0 spiro atoms. The number of benzene rings is 1. The van der Waals surface area contributed by atoms with Crippen molar-refractivity contribution in [3.05, 3.63) is 28.2 Å². The Morgan fingerprint density at radius 1 is 1.21 bits per heavy atom. The summed E-state index contributed by atoms with van der Waals surface area (Å²) in [5, 5.41) is 0. The van der Waals surface area contributed by atoms with Crippen LogP contribution < -0.4 is 10.6 Å². The molecule has 2 aliphatic carbocycles. The maximum Gasteiger partial charge on any atom is 0.107 e. The van der Waals surface area contributed by atoms with E-state index in [1.165, 1.54) is 31.4 Å². The molecule has 0 amide bonds. The normalized spacial score (nSPS) is 18.4. The topological polar surface area (TPSA) is 29.3 Å². The Hall–Kier alpha value is -0.610. The van der Waals surface area contributed by atoms with E-state index in [9.17, 15) is 0 Å². The Balaban J connectivity index is 1.90. The molecular weight excluding hydrogens is 320 g/mol. The van der Waals surface area contributed by atoms with Crippen LogP contribution in [0.3, 0.4) is 0 Å². The number of rotatable bonds is 6. The average molecular weight is 339 g/mol. The van der Waals surface area contributed by atoms with Gasteiger partial charge >= 0.3 is 0 Å². The van der Waals surface area contributed by atoms with Crippen molar-refractivity contribution in [1.29, 1.82) is 0 Å². The predicted octanol–water partition coefficient (Wildman–Crippen LogP) is 3.71. The van der Waals surface area contributed by atoms with E-state index >= 15 is 0 Å². The number of thiocarbonyl (C=S) groups is 1. The van der Waals surface area contributed by atoms with E-state index in [2.05, 4.69) is 33.0 Å². The molecule has 0 radical (unpaired) electrons. The predicted molar refractivity (Wildman–Crippen MR) is 87.7 cm³/mol. The highest BCUT2D eigenvalue weighted by Gasteiger charge is 2.30. The van der Waals surface area contributed by atoms with Gasteiger partial charge in [-0.2, -0.15) is 0 Å². The van der Waals surface area contributed by atoms with E-state index in [0.29, 0.717) is 4.99 Å². The Morgan fingerprint density at radius 2 is 1.79 bits per heavy atom. The van der Waals surface area contributed by atoms with Gasteiger partial charge in [0.2, 0.25) is 0 Å². The minimum Gasteiger partial charge on any atom is -0.389 e. The fourth-order valence-corrected chi connectivity index (χ4v) is 3.43. The smallest absolute Gasteiger partial charge is 0.107 e. The molecule has 0 bridgehead atoms. The summed E-state index contributed by atoms with van der Waals surface area (Å²) in [6.45, 7) is 2.31. The van der Waals surface area contributed by atoms with Crippen molar-refractivity contribution in [2.75, 3.05) is 18.0 Å². The molecule has 0 unspecified atom stereocenters. The molecule has 0 heterocycles. The monoisotopic (exact) mass is 338 g/mol. The summed E-state index contributed by atoms with van der Waals surface area (Å²) in [6.07, 6.45) is 5.49. The lowest BCUT2D eigenvalue weighted by atomic mass is 10.1. The Bertz CT molecular complexity index is 481. The van der Waals surface area contributed by atoms with Crippen LogP contribution >= 0.6 is 28.1 Å². The van der Waals surface area contributed by atoms with Crippen LogP contribution in [0.25, 0.3) is 0 Å². The van der Waals surface area contributed by atoms with Crippen LogP contribution in [0, 0.1) is 11.8 Å². The molecule has 1 aromatic rings. The van der Waals surface area contributed by atoms with Crippen molar-refractivity contribution < 1.29 is 0 Å². The highest BCUT2D eigenvalue weighted by Crippen LogP contribution is 2.37. The molecule has 0 aliphatic heterocycles. The van der Waals surface area contributed by atoms with Gasteiger partial charge in [0.05, 0.1) is 0 Å². The molecule has 19 heavy (non-hydrogen) atoms. The van der Waals surface area contributed by atoms with E-state index in [4.69, 9.17) is 18.0 Å². The molecule has 2 N–H and O–H groups in total. The van der Waals surface area contributed by atoms with Crippen molar-refractivity contribution in [2.45, 2.75) is 25.7 Å². The van der Waals surface area contributed by atoms with Crippen LogP contribution in [0.15, 0.2) is 22.7 Å². The highest BCUT2D eigenvalue weighted by molar-refractivity contribution is 9.10. The van der Waals surface area contributed by atoms with Crippen LogP contribution in [-0.4, -0.2) is 18.1 Å². The minimum absolute atomic E-state index is 0.485. The van der Waals surface area contributed by atoms with Gasteiger partial charge < -0.3 is 10.6 Å². The number of nitrogens with two attached hydrogens (primary N) is 1. The fraction of sp³-hybridized carbons (Fsp3) is 0.533. The Kier molecular flexibility index (Phi) is 3.81. The van der Waals surface area contributed by atoms with Crippen LogP contribution in [0.2, 0.25) is 0 Å². The quantitative estimate of drug-likeness (QED) is 0.801. The van der Waals surface area contributed by atoms with Gasteiger partial charge in [-0.15, -0.1) is 0 Å². The van der Waals surface area contributed by atoms with Gasteiger partial charge in [-0.05, 0) is 65.6 Å². The summed E-state index contributed by atoms with van der Waals surface area (Å²) >= 11 is 8.82. The highest BCUT2D eigenvalue weighted by atomic mass is 79.9. The van der Waals surface area contributed by atoms with E-state index in [1.807, 2.05) is 6.07 Å². The van der Waals surface area contributed by atoms with Gasteiger partial charge in [0.1, 0.15) is 4.99 Å². The average Bonchev–Trinajstić information content (AvgIpc) is 3.22. The van der Waals surface area contributed by atoms with Gasteiger partial charge in [-0.1, -0.05) is 18.3 Å². The standard InChI is InChI=1S/C15H19BrN2S/c16-12-2-1-3-13(14(12)15(17)19)18(8-10-4-5-10)9-11-6-7-11/h1-3,10-11H,4-9H2,(H2,17,19). The minimum atomic E-state index is 0.485. The van der Waals surface area contributed by atoms with Crippen LogP contribution in [0.5, 0.6) is 0 Å². The van der Waals surface area contributed by atoms with E-state index in [0.717, 1.165) is 35.0 Å². The van der Waals surface area contributed by atoms with E-state index in [1.54, 1.807) is 0 Å². The fourth-order valence-electron chi connectivity index (χ4n) is 2.52. The molecule has 2 saturated carbocycles. The summed E-state index contributed by atoms with van der Waals surface area (Å²) in [6, 6.07) is 6.25. The molecule has 2 aliphatic rings. The molecule has 0 saturated heterocycles. The number of hydrogen-bond acceptors (Lipinski definition) is 2. The lowest BCUT2D eigenvalue weighted by molar-refractivity contribution is 0.679. The first-order valence-corrected chi connectivity index (χ1v) is 8.18. The summed E-state index contributed by atoms with van der Waals surface area (Å²) in [5.41, 5.74) is 8.13. The zero-order valence-electron chi connectivity index (χ0n) is 10.9. The summed E-state index contributed by atoms with van der Waals surface area (Å²) in [7, 11) is 0. The third kappa shape index (κ3) is 3.29. The van der Waals surface area contributed by atoms with Crippen molar-refractivity contribution in [3.8, 4) is 0 Å². The van der Waals surface area contributed by atoms with Crippen molar-refractivity contribution in [2.24, 2.45) is 17.6 Å². The Morgan fingerprint density at radius 3 is 2.26 bits per heavy atom. The zero-order chi connectivity index (χ0) is 13.4. The third-order valence-corrected chi connectivity index (χ3v) is 4.79. The Labute approximate surface area is 128 Å². The second kappa shape index (κ2) is 5.41. The zero-order valence-corrected chi connectivity index (χ0v) is 13.3. The summed E-state index contributed by atoms with van der Waals surface area (Å²) < 4.78 is 1.01. The van der Waals surface area contributed by atoms with Gasteiger partial charge in [-0.25, -0.2) is 0 Å². The number of halogens is 1. The first-order valence-electron chi connectivity index (χ1n) is 6.98. The van der Waals surface area contributed by atoms with Crippen LogP contribution in [-0.2, 0) is 0 Å². The second-order valence-electron chi connectivity index (χ2n) is 5.79. The van der Waals surface area contributed by atoms with Crippen molar-refractivity contribution in [1.82, 2.24) is 0 Å². The second-order valence-corrected chi connectivity index (χ2v) is 7.08. The first kappa shape index (κ1) is 13.4. The molecule has 1 aromatic carbocycles. The maximum atomic E-state index is 5.92. The lowest BCUT2D eigenvalue weighted by Crippen LogP contribution is -2.30. The van der Waals surface area contributed by atoms with Crippen molar-refractivity contribution in [3.63, 3.8) is 0 Å². The lowest BCUT2D eigenvalue weighted by Gasteiger charge is -2.27. The number of hydrogen-bond donors (Lipinski definition) is 1. The molecule has 4 heteroatoms. The third-order valence-electron chi connectivity index (χ3n) is 3.93. The molecule has 102 valence electrons. The van der Waals surface area contributed by atoms with Crippen molar-refractivity contribution >= 4 is 38.8 Å². The molecule has 3 rings (SSSR count). The molecule has 2 fully saturated rings. The van der Waals surface area contributed by atoms with Gasteiger partial charge in [0, 0.05) is 28.8 Å². The molecule has 0 atom stereocenters. The van der Waals surface area contributed by atoms with Gasteiger partial charge in [0.25, 0.3) is 0 Å². The largest absolute Gasteiger partial charge is 0.389 e.